The first kappa shape index (κ1) is 18.3. The van der Waals surface area contributed by atoms with Crippen LogP contribution in [0, 0.1) is 0 Å². The van der Waals surface area contributed by atoms with Gasteiger partial charge in [0.2, 0.25) is 15.9 Å². The molecule has 7 nitrogen and oxygen atoms in total. The zero-order valence-corrected chi connectivity index (χ0v) is 15.8. The lowest BCUT2D eigenvalue weighted by molar-refractivity contribution is -0.116. The standard InChI is InChI=1S/C18H22N2O5S/c1-4-5-11-6-7-16(25-11)13-9-18(21)19-14-10-15(20-26(3,22)23)17(24-2)8-12(13)14/h6-8,10,13,20H,4-5,9H2,1-3H3,(H,19,21). The van der Waals surface area contributed by atoms with E-state index >= 15 is 0 Å². The maximum Gasteiger partial charge on any atom is 0.229 e. The highest BCUT2D eigenvalue weighted by Crippen LogP contribution is 2.42. The molecule has 0 aliphatic carbocycles. The third-order valence-corrected chi connectivity index (χ3v) is 4.82. The topological polar surface area (TPSA) is 97.6 Å². The summed E-state index contributed by atoms with van der Waals surface area (Å²) in [6.45, 7) is 2.08. The van der Waals surface area contributed by atoms with Crippen molar-refractivity contribution in [3.8, 4) is 5.75 Å². The van der Waals surface area contributed by atoms with Crippen LogP contribution >= 0.6 is 0 Å². The lowest BCUT2D eigenvalue weighted by Gasteiger charge is -2.26. The highest BCUT2D eigenvalue weighted by Gasteiger charge is 2.30. The van der Waals surface area contributed by atoms with E-state index in [1.54, 1.807) is 12.1 Å². The van der Waals surface area contributed by atoms with Crippen LogP contribution in [0.3, 0.4) is 0 Å². The number of ether oxygens (including phenoxy) is 1. The van der Waals surface area contributed by atoms with E-state index < -0.39 is 10.0 Å². The van der Waals surface area contributed by atoms with Crippen molar-refractivity contribution in [2.75, 3.05) is 23.4 Å². The number of aryl methyl sites for hydroxylation is 1. The van der Waals surface area contributed by atoms with Crippen molar-refractivity contribution >= 4 is 27.3 Å². The Kier molecular flexibility index (Phi) is 4.95. The number of methoxy groups -OCH3 is 1. The molecule has 8 heteroatoms. The molecule has 0 spiro atoms. The number of carbonyl (C=O) groups excluding carboxylic acids is 1. The van der Waals surface area contributed by atoms with Gasteiger partial charge in [-0.3, -0.25) is 9.52 Å². The fourth-order valence-electron chi connectivity index (χ4n) is 3.15. The molecule has 2 N–H and O–H groups in total. The Hall–Kier alpha value is -2.48. The third-order valence-electron chi connectivity index (χ3n) is 4.23. The smallest absolute Gasteiger partial charge is 0.229 e. The number of sulfonamides is 1. The van der Waals surface area contributed by atoms with E-state index in [0.717, 1.165) is 36.2 Å². The van der Waals surface area contributed by atoms with Crippen LogP contribution in [0.15, 0.2) is 28.7 Å². The quantitative estimate of drug-likeness (QED) is 0.805. The summed E-state index contributed by atoms with van der Waals surface area (Å²) in [7, 11) is -2.01. The molecule has 0 saturated carbocycles. The molecule has 2 heterocycles. The van der Waals surface area contributed by atoms with E-state index in [9.17, 15) is 13.2 Å². The predicted molar refractivity (Wildman–Crippen MR) is 99.3 cm³/mol. The molecule has 0 radical (unpaired) electrons. The lowest BCUT2D eigenvalue weighted by atomic mass is 9.88. The van der Waals surface area contributed by atoms with Crippen LogP contribution in [0.1, 0.15) is 42.8 Å². The van der Waals surface area contributed by atoms with Crippen LogP contribution in [0.5, 0.6) is 5.75 Å². The average Bonchev–Trinajstić information content (AvgIpc) is 3.01. The number of nitrogens with one attached hydrogen (secondary N) is 2. The fourth-order valence-corrected chi connectivity index (χ4v) is 3.71. The van der Waals surface area contributed by atoms with Gasteiger partial charge in [0.25, 0.3) is 0 Å². The second-order valence-electron chi connectivity index (χ2n) is 6.37. The normalized spacial score (nSPS) is 16.7. The number of benzene rings is 1. The number of carbonyl (C=O) groups is 1. The number of hydrogen-bond acceptors (Lipinski definition) is 5. The number of furan rings is 1. The van der Waals surface area contributed by atoms with Crippen molar-refractivity contribution in [2.24, 2.45) is 0 Å². The minimum absolute atomic E-state index is 0.147. The minimum Gasteiger partial charge on any atom is -0.495 e. The van der Waals surface area contributed by atoms with Crippen LogP contribution in [0.4, 0.5) is 11.4 Å². The number of rotatable bonds is 6. The summed E-state index contributed by atoms with van der Waals surface area (Å²) in [6.07, 6.45) is 3.13. The second kappa shape index (κ2) is 7.03. The summed E-state index contributed by atoms with van der Waals surface area (Å²) in [5.41, 5.74) is 1.66. The largest absolute Gasteiger partial charge is 0.495 e. The molecule has 2 aromatic rings. The van der Waals surface area contributed by atoms with Crippen molar-refractivity contribution < 1.29 is 22.4 Å². The van der Waals surface area contributed by atoms with Gasteiger partial charge in [-0.25, -0.2) is 8.42 Å². The van der Waals surface area contributed by atoms with E-state index in [1.807, 2.05) is 12.1 Å². The maximum atomic E-state index is 12.2. The lowest BCUT2D eigenvalue weighted by Crippen LogP contribution is -2.24. The Morgan fingerprint density at radius 1 is 1.35 bits per heavy atom. The molecular formula is C18H22N2O5S. The highest BCUT2D eigenvalue weighted by molar-refractivity contribution is 7.92. The van der Waals surface area contributed by atoms with E-state index in [4.69, 9.17) is 9.15 Å². The monoisotopic (exact) mass is 378 g/mol. The Bertz CT molecular complexity index is 933. The molecule has 0 bridgehead atoms. The van der Waals surface area contributed by atoms with Gasteiger partial charge in [-0.05, 0) is 36.2 Å². The SMILES string of the molecule is CCCc1ccc(C2CC(=O)Nc3cc(NS(C)(=O)=O)c(OC)cc32)o1. The highest BCUT2D eigenvalue weighted by atomic mass is 32.2. The van der Waals surface area contributed by atoms with Gasteiger partial charge in [0, 0.05) is 18.5 Å². The summed E-state index contributed by atoms with van der Waals surface area (Å²) in [6, 6.07) is 7.15. The number of fused-ring (bicyclic) bond motifs is 1. The van der Waals surface area contributed by atoms with Gasteiger partial charge >= 0.3 is 0 Å². The second-order valence-corrected chi connectivity index (χ2v) is 8.12. The molecule has 1 aromatic heterocycles. The van der Waals surface area contributed by atoms with Gasteiger partial charge < -0.3 is 14.5 Å². The van der Waals surface area contributed by atoms with Crippen LogP contribution in [-0.2, 0) is 21.2 Å². The van der Waals surface area contributed by atoms with E-state index in [-0.39, 0.29) is 23.9 Å². The van der Waals surface area contributed by atoms with Crippen LogP contribution in [-0.4, -0.2) is 27.7 Å². The van der Waals surface area contributed by atoms with Crippen molar-refractivity contribution in [3.63, 3.8) is 0 Å². The van der Waals surface area contributed by atoms with Gasteiger partial charge in [-0.2, -0.15) is 0 Å². The molecule has 0 fully saturated rings. The first-order chi connectivity index (χ1) is 12.3. The van der Waals surface area contributed by atoms with Gasteiger partial charge in [0.1, 0.15) is 17.3 Å². The Balaban J connectivity index is 2.05. The van der Waals surface area contributed by atoms with Gasteiger partial charge in [-0.15, -0.1) is 0 Å². The number of amides is 1. The maximum absolute atomic E-state index is 12.2. The van der Waals surface area contributed by atoms with Crippen LogP contribution in [0.25, 0.3) is 0 Å². The zero-order valence-electron chi connectivity index (χ0n) is 15.0. The predicted octanol–water partition coefficient (Wildman–Crippen LogP) is 3.09. The Morgan fingerprint density at radius 2 is 2.12 bits per heavy atom. The van der Waals surface area contributed by atoms with Gasteiger partial charge in [-0.1, -0.05) is 6.92 Å². The number of anilines is 2. The van der Waals surface area contributed by atoms with E-state index in [0.29, 0.717) is 11.4 Å². The fraction of sp³-hybridized carbons (Fsp3) is 0.389. The first-order valence-electron chi connectivity index (χ1n) is 8.39. The third kappa shape index (κ3) is 3.85. The molecule has 26 heavy (non-hydrogen) atoms. The summed E-state index contributed by atoms with van der Waals surface area (Å²) >= 11 is 0. The Labute approximate surface area is 152 Å². The van der Waals surface area contributed by atoms with Gasteiger partial charge in [0.05, 0.1) is 25.0 Å². The van der Waals surface area contributed by atoms with Crippen LogP contribution < -0.4 is 14.8 Å². The number of hydrogen-bond donors (Lipinski definition) is 2. The van der Waals surface area contributed by atoms with E-state index in [2.05, 4.69) is 17.0 Å². The summed E-state index contributed by atoms with van der Waals surface area (Å²) in [5.74, 6) is 1.60. The summed E-state index contributed by atoms with van der Waals surface area (Å²) in [4.78, 5) is 12.2. The molecule has 1 aliphatic heterocycles. The summed E-state index contributed by atoms with van der Waals surface area (Å²) < 4.78 is 36.8. The molecule has 140 valence electrons. The molecule has 1 aromatic carbocycles. The van der Waals surface area contributed by atoms with Crippen molar-refractivity contribution in [1.82, 2.24) is 0 Å². The molecule has 1 unspecified atom stereocenters. The summed E-state index contributed by atoms with van der Waals surface area (Å²) in [5, 5.41) is 2.80. The molecule has 1 atom stereocenters. The van der Waals surface area contributed by atoms with E-state index in [1.165, 1.54) is 7.11 Å². The van der Waals surface area contributed by atoms with Crippen molar-refractivity contribution in [3.05, 3.63) is 41.3 Å². The molecule has 1 aliphatic rings. The van der Waals surface area contributed by atoms with Crippen molar-refractivity contribution in [1.29, 1.82) is 0 Å². The van der Waals surface area contributed by atoms with Crippen LogP contribution in [0.2, 0.25) is 0 Å². The van der Waals surface area contributed by atoms with Gasteiger partial charge in [0.15, 0.2) is 0 Å². The molecule has 1 amide bonds. The molecule has 0 saturated heterocycles. The molecule has 3 rings (SSSR count). The average molecular weight is 378 g/mol. The zero-order chi connectivity index (χ0) is 18.9. The molecular weight excluding hydrogens is 356 g/mol. The van der Waals surface area contributed by atoms with Crippen molar-refractivity contribution in [2.45, 2.75) is 32.1 Å². The minimum atomic E-state index is -3.48. The Morgan fingerprint density at radius 3 is 2.77 bits per heavy atom. The first-order valence-corrected chi connectivity index (χ1v) is 10.3.